The van der Waals surface area contributed by atoms with Gasteiger partial charge in [-0.2, -0.15) is 5.10 Å². The Bertz CT molecular complexity index is 595. The average molecular weight is 288 g/mol. The molecule has 6 heteroatoms. The Balaban J connectivity index is 1.83. The smallest absolute Gasteiger partial charge is 0.193 e. The number of aryl methyl sites for hydroxylation is 2. The maximum atomic E-state index is 4.34. The van der Waals surface area contributed by atoms with Crippen LogP contribution in [0, 0.1) is 0 Å². The van der Waals surface area contributed by atoms with Crippen molar-refractivity contribution < 1.29 is 0 Å². The van der Waals surface area contributed by atoms with Crippen LogP contribution in [0.4, 0.5) is 0 Å². The Kier molecular flexibility index (Phi) is 5.03. The molecule has 0 fully saturated rings. The van der Waals surface area contributed by atoms with Gasteiger partial charge in [-0.3, -0.25) is 9.67 Å². The highest BCUT2D eigenvalue weighted by Crippen LogP contribution is 2.03. The number of rotatable bonds is 5. The molecule has 0 radical (unpaired) electrons. The Morgan fingerprint density at radius 2 is 2.24 bits per heavy atom. The summed E-state index contributed by atoms with van der Waals surface area (Å²) in [5.74, 6) is 0.903. The summed E-state index contributed by atoms with van der Waals surface area (Å²) in [4.78, 5) is 6.46. The maximum Gasteiger partial charge on any atom is 0.193 e. The topological polar surface area (TPSA) is 50.4 Å². The second-order valence-corrected chi connectivity index (χ2v) is 5.21. The summed E-state index contributed by atoms with van der Waals surface area (Å²) in [5.41, 5.74) is 2.48. The molecule has 0 saturated heterocycles. The van der Waals surface area contributed by atoms with E-state index in [0.717, 1.165) is 25.5 Å². The molecule has 0 aliphatic rings. The van der Waals surface area contributed by atoms with Crippen LogP contribution in [0.2, 0.25) is 0 Å². The number of nitrogens with one attached hydrogen (secondary N) is 1. The van der Waals surface area contributed by atoms with Crippen LogP contribution in [0.25, 0.3) is 0 Å². The molecule has 6 nitrogen and oxygen atoms in total. The molecule has 0 aromatic carbocycles. The van der Waals surface area contributed by atoms with Crippen LogP contribution in [0.1, 0.15) is 11.3 Å². The third-order valence-electron chi connectivity index (χ3n) is 3.48. The van der Waals surface area contributed by atoms with Gasteiger partial charge in [-0.05, 0) is 24.1 Å². The quantitative estimate of drug-likeness (QED) is 0.660. The molecule has 114 valence electrons. The lowest BCUT2D eigenvalue weighted by Gasteiger charge is -2.22. The van der Waals surface area contributed by atoms with Gasteiger partial charge in [0.25, 0.3) is 0 Å². The molecule has 2 aromatic rings. The number of hydrogen-bond acceptors (Lipinski definition) is 2. The zero-order valence-corrected chi connectivity index (χ0v) is 13.2. The molecule has 1 N–H and O–H groups in total. The summed E-state index contributed by atoms with van der Waals surface area (Å²) >= 11 is 0. The molecule has 0 spiro atoms. The normalized spacial score (nSPS) is 11.7. The van der Waals surface area contributed by atoms with Gasteiger partial charge in [-0.25, -0.2) is 0 Å². The molecule has 21 heavy (non-hydrogen) atoms. The standard InChI is InChI=1S/C15H24N6/c1-16-15(17-8-7-13-10-18-21(4)11-13)20(3)12-14-6-5-9-19(14)2/h5-6,9-11H,7-8,12H2,1-4H3,(H,16,17). The van der Waals surface area contributed by atoms with E-state index in [0.29, 0.717) is 0 Å². The van der Waals surface area contributed by atoms with Gasteiger partial charge in [-0.15, -0.1) is 0 Å². The molecule has 0 saturated carbocycles. The monoisotopic (exact) mass is 288 g/mol. The van der Waals surface area contributed by atoms with Crippen LogP contribution < -0.4 is 5.32 Å². The zero-order valence-electron chi connectivity index (χ0n) is 13.2. The largest absolute Gasteiger partial charge is 0.356 e. The summed E-state index contributed by atoms with van der Waals surface area (Å²) in [7, 11) is 7.85. The van der Waals surface area contributed by atoms with Crippen molar-refractivity contribution in [3.8, 4) is 0 Å². The fourth-order valence-corrected chi connectivity index (χ4v) is 2.28. The van der Waals surface area contributed by atoms with Gasteiger partial charge < -0.3 is 14.8 Å². The van der Waals surface area contributed by atoms with Gasteiger partial charge in [0.1, 0.15) is 0 Å². The molecule has 0 amide bonds. The molecule has 2 heterocycles. The van der Waals surface area contributed by atoms with Crippen molar-refractivity contribution in [3.05, 3.63) is 42.0 Å². The number of nitrogens with zero attached hydrogens (tertiary/aromatic N) is 5. The average Bonchev–Trinajstić information content (AvgIpc) is 3.04. The van der Waals surface area contributed by atoms with Crippen molar-refractivity contribution in [2.24, 2.45) is 19.1 Å². The Morgan fingerprint density at radius 3 is 2.81 bits per heavy atom. The van der Waals surface area contributed by atoms with Crippen molar-refractivity contribution >= 4 is 5.96 Å². The zero-order chi connectivity index (χ0) is 15.2. The number of aliphatic imine (C=N–C) groups is 1. The van der Waals surface area contributed by atoms with Crippen molar-refractivity contribution in [1.29, 1.82) is 0 Å². The van der Waals surface area contributed by atoms with E-state index in [1.807, 2.05) is 38.2 Å². The van der Waals surface area contributed by atoms with E-state index < -0.39 is 0 Å². The van der Waals surface area contributed by atoms with Crippen LogP contribution in [-0.2, 0) is 27.1 Å². The Labute approximate surface area is 126 Å². The predicted octanol–water partition coefficient (Wildman–Crippen LogP) is 1.01. The van der Waals surface area contributed by atoms with Gasteiger partial charge in [0.05, 0.1) is 12.7 Å². The second kappa shape index (κ2) is 6.97. The lowest BCUT2D eigenvalue weighted by atomic mass is 10.2. The summed E-state index contributed by atoms with van der Waals surface area (Å²) in [6.45, 7) is 1.67. The number of aromatic nitrogens is 3. The highest BCUT2D eigenvalue weighted by Gasteiger charge is 2.08. The van der Waals surface area contributed by atoms with Crippen molar-refractivity contribution in [2.45, 2.75) is 13.0 Å². The van der Waals surface area contributed by atoms with Crippen LogP contribution >= 0.6 is 0 Å². The molecule has 2 aromatic heterocycles. The lowest BCUT2D eigenvalue weighted by Crippen LogP contribution is -2.39. The summed E-state index contributed by atoms with van der Waals surface area (Å²) in [6.07, 6.45) is 6.93. The van der Waals surface area contributed by atoms with Gasteiger partial charge in [-0.1, -0.05) is 0 Å². The first kappa shape index (κ1) is 15.2. The molecular weight excluding hydrogens is 264 g/mol. The summed E-state index contributed by atoms with van der Waals surface area (Å²) in [6, 6.07) is 4.18. The van der Waals surface area contributed by atoms with E-state index in [9.17, 15) is 0 Å². The molecular formula is C15H24N6. The first-order chi connectivity index (χ1) is 10.1. The molecule has 0 bridgehead atoms. The highest BCUT2D eigenvalue weighted by atomic mass is 15.3. The van der Waals surface area contributed by atoms with Crippen molar-refractivity contribution in [3.63, 3.8) is 0 Å². The van der Waals surface area contributed by atoms with E-state index in [-0.39, 0.29) is 0 Å². The van der Waals surface area contributed by atoms with Gasteiger partial charge in [0.2, 0.25) is 0 Å². The molecule has 0 atom stereocenters. The lowest BCUT2D eigenvalue weighted by molar-refractivity contribution is 0.462. The first-order valence-electron chi connectivity index (χ1n) is 7.09. The van der Waals surface area contributed by atoms with Crippen LogP contribution in [0.5, 0.6) is 0 Å². The van der Waals surface area contributed by atoms with Crippen LogP contribution in [-0.4, -0.2) is 45.8 Å². The minimum Gasteiger partial charge on any atom is -0.356 e. The van der Waals surface area contributed by atoms with Crippen LogP contribution in [0.3, 0.4) is 0 Å². The number of guanidine groups is 1. The van der Waals surface area contributed by atoms with Gasteiger partial charge in [0.15, 0.2) is 5.96 Å². The van der Waals surface area contributed by atoms with E-state index in [4.69, 9.17) is 0 Å². The third kappa shape index (κ3) is 4.11. The predicted molar refractivity (Wildman–Crippen MR) is 85.2 cm³/mol. The molecule has 0 unspecified atom stereocenters. The Morgan fingerprint density at radius 1 is 1.43 bits per heavy atom. The molecule has 2 rings (SSSR count). The minimum absolute atomic E-state index is 0.829. The fraction of sp³-hybridized carbons (Fsp3) is 0.467. The molecule has 0 aliphatic carbocycles. The fourth-order valence-electron chi connectivity index (χ4n) is 2.28. The van der Waals surface area contributed by atoms with E-state index >= 15 is 0 Å². The van der Waals surface area contributed by atoms with Crippen molar-refractivity contribution in [1.82, 2.24) is 24.6 Å². The van der Waals surface area contributed by atoms with Gasteiger partial charge in [0, 0.05) is 52.8 Å². The van der Waals surface area contributed by atoms with Crippen LogP contribution in [0.15, 0.2) is 35.7 Å². The summed E-state index contributed by atoms with van der Waals surface area (Å²) < 4.78 is 3.95. The van der Waals surface area contributed by atoms with E-state index in [1.54, 1.807) is 0 Å². The second-order valence-electron chi connectivity index (χ2n) is 5.21. The number of hydrogen-bond donors (Lipinski definition) is 1. The van der Waals surface area contributed by atoms with Gasteiger partial charge >= 0.3 is 0 Å². The third-order valence-corrected chi connectivity index (χ3v) is 3.48. The highest BCUT2D eigenvalue weighted by molar-refractivity contribution is 5.79. The molecule has 0 aliphatic heterocycles. The summed E-state index contributed by atoms with van der Waals surface area (Å²) in [5, 5.41) is 7.56. The Hall–Kier alpha value is -2.24. The maximum absolute atomic E-state index is 4.34. The first-order valence-corrected chi connectivity index (χ1v) is 7.09. The minimum atomic E-state index is 0.829. The van der Waals surface area contributed by atoms with E-state index in [2.05, 4.69) is 50.3 Å². The SMILES string of the molecule is CN=C(NCCc1cnn(C)c1)N(C)Cc1cccn1C. The van der Waals surface area contributed by atoms with Crippen molar-refractivity contribution in [2.75, 3.05) is 20.6 Å². The van der Waals surface area contributed by atoms with E-state index in [1.165, 1.54) is 11.3 Å².